The summed E-state index contributed by atoms with van der Waals surface area (Å²) >= 11 is 1.64. The minimum absolute atomic E-state index is 0.0913. The second-order valence-electron chi connectivity index (χ2n) is 4.27. The summed E-state index contributed by atoms with van der Waals surface area (Å²) < 4.78 is 0. The molecule has 92 valence electrons. The lowest BCUT2D eigenvalue weighted by Gasteiger charge is -2.34. The van der Waals surface area contributed by atoms with Crippen molar-refractivity contribution in [2.24, 2.45) is 5.73 Å². The van der Waals surface area contributed by atoms with E-state index in [2.05, 4.69) is 0 Å². The van der Waals surface area contributed by atoms with Crippen molar-refractivity contribution in [2.45, 2.75) is 25.3 Å². The summed E-state index contributed by atoms with van der Waals surface area (Å²) in [5.41, 5.74) is 5.71. The van der Waals surface area contributed by atoms with Gasteiger partial charge in [0.25, 0.3) is 0 Å². The topological polar surface area (TPSA) is 46.3 Å². The van der Waals surface area contributed by atoms with E-state index in [1.165, 1.54) is 6.42 Å². The quantitative estimate of drug-likeness (QED) is 0.835. The predicted octanol–water partition coefficient (Wildman–Crippen LogP) is 2.10. The maximum Gasteiger partial charge on any atom is 0.246 e. The average Bonchev–Trinajstić information content (AvgIpc) is 2.89. The third-order valence-electron chi connectivity index (χ3n) is 3.12. The minimum atomic E-state index is 0.0913. The van der Waals surface area contributed by atoms with Crippen LogP contribution in [0.5, 0.6) is 0 Å². The molecule has 2 heterocycles. The van der Waals surface area contributed by atoms with Crippen LogP contribution in [0.25, 0.3) is 6.08 Å². The van der Waals surface area contributed by atoms with Gasteiger partial charge in [0.2, 0.25) is 5.91 Å². The van der Waals surface area contributed by atoms with Crippen molar-refractivity contribution < 1.29 is 4.79 Å². The van der Waals surface area contributed by atoms with Gasteiger partial charge in [-0.05, 0) is 36.8 Å². The number of carbonyl (C=O) groups is 1. The normalized spacial score (nSPS) is 21.0. The number of hydrogen-bond donors (Lipinski definition) is 1. The zero-order valence-corrected chi connectivity index (χ0v) is 10.7. The van der Waals surface area contributed by atoms with Crippen molar-refractivity contribution in [1.29, 1.82) is 0 Å². The summed E-state index contributed by atoms with van der Waals surface area (Å²) in [5, 5.41) is 2.01. The second kappa shape index (κ2) is 5.98. The monoisotopic (exact) mass is 250 g/mol. The van der Waals surface area contributed by atoms with Gasteiger partial charge in [0.05, 0.1) is 0 Å². The van der Waals surface area contributed by atoms with Crippen LogP contribution in [0.2, 0.25) is 0 Å². The molecule has 2 rings (SSSR count). The van der Waals surface area contributed by atoms with Crippen molar-refractivity contribution >= 4 is 23.3 Å². The maximum absolute atomic E-state index is 12.1. The molecule has 1 aliphatic heterocycles. The highest BCUT2D eigenvalue weighted by Crippen LogP contribution is 2.17. The van der Waals surface area contributed by atoms with Gasteiger partial charge in [-0.15, -0.1) is 11.3 Å². The van der Waals surface area contributed by atoms with Crippen molar-refractivity contribution in [3.8, 4) is 0 Å². The van der Waals surface area contributed by atoms with Gasteiger partial charge < -0.3 is 10.6 Å². The Morgan fingerprint density at radius 1 is 1.59 bits per heavy atom. The van der Waals surface area contributed by atoms with Crippen molar-refractivity contribution in [3.05, 3.63) is 28.5 Å². The summed E-state index contributed by atoms with van der Waals surface area (Å²) in [5.74, 6) is 0.0913. The smallest absolute Gasteiger partial charge is 0.246 e. The van der Waals surface area contributed by atoms with Crippen LogP contribution in [0, 0.1) is 0 Å². The van der Waals surface area contributed by atoms with Crippen LogP contribution in [0.1, 0.15) is 24.1 Å². The molecule has 0 spiro atoms. The zero-order chi connectivity index (χ0) is 12.1. The highest BCUT2D eigenvalue weighted by atomic mass is 32.1. The molecule has 1 aromatic heterocycles. The molecule has 0 bridgehead atoms. The van der Waals surface area contributed by atoms with E-state index in [1.807, 2.05) is 28.5 Å². The van der Waals surface area contributed by atoms with Crippen LogP contribution < -0.4 is 5.73 Å². The largest absolute Gasteiger partial charge is 0.335 e. The van der Waals surface area contributed by atoms with Crippen LogP contribution >= 0.6 is 11.3 Å². The van der Waals surface area contributed by atoms with Gasteiger partial charge in [-0.3, -0.25) is 4.79 Å². The standard InChI is InChI=1S/C13H18N2OS/c14-10-11-4-1-2-8-15(11)13(16)7-6-12-5-3-9-17-12/h3,5-7,9,11H,1-2,4,8,10,14H2. The number of carbonyl (C=O) groups excluding carboxylic acids is 1. The molecule has 0 radical (unpaired) electrons. The van der Waals surface area contributed by atoms with Gasteiger partial charge in [-0.2, -0.15) is 0 Å². The van der Waals surface area contributed by atoms with E-state index >= 15 is 0 Å². The number of amides is 1. The Morgan fingerprint density at radius 2 is 2.47 bits per heavy atom. The highest BCUT2D eigenvalue weighted by molar-refractivity contribution is 7.10. The Morgan fingerprint density at radius 3 is 3.18 bits per heavy atom. The van der Waals surface area contributed by atoms with Crippen LogP contribution in [0.3, 0.4) is 0 Å². The third-order valence-corrected chi connectivity index (χ3v) is 3.95. The number of piperidine rings is 1. The van der Waals surface area contributed by atoms with E-state index in [0.29, 0.717) is 6.54 Å². The van der Waals surface area contributed by atoms with E-state index in [9.17, 15) is 4.79 Å². The molecule has 1 aromatic rings. The lowest BCUT2D eigenvalue weighted by atomic mass is 10.0. The van der Waals surface area contributed by atoms with Crippen molar-refractivity contribution in [3.63, 3.8) is 0 Å². The maximum atomic E-state index is 12.1. The van der Waals surface area contributed by atoms with Crippen molar-refractivity contribution in [2.75, 3.05) is 13.1 Å². The van der Waals surface area contributed by atoms with Gasteiger partial charge in [-0.25, -0.2) is 0 Å². The number of nitrogens with zero attached hydrogens (tertiary/aromatic N) is 1. The lowest BCUT2D eigenvalue weighted by molar-refractivity contribution is -0.129. The molecule has 0 saturated carbocycles. The molecule has 1 atom stereocenters. The van der Waals surface area contributed by atoms with Crippen LogP contribution in [0.15, 0.2) is 23.6 Å². The first kappa shape index (κ1) is 12.3. The molecule has 0 aromatic carbocycles. The molecular formula is C13H18N2OS. The van der Waals surface area contributed by atoms with Crippen LogP contribution in [-0.2, 0) is 4.79 Å². The summed E-state index contributed by atoms with van der Waals surface area (Å²) in [6, 6.07) is 4.22. The summed E-state index contributed by atoms with van der Waals surface area (Å²) in [6.45, 7) is 1.41. The van der Waals surface area contributed by atoms with Gasteiger partial charge >= 0.3 is 0 Å². The molecule has 17 heavy (non-hydrogen) atoms. The SMILES string of the molecule is NCC1CCCCN1C(=O)C=Cc1cccs1. The van der Waals surface area contributed by atoms with Crippen LogP contribution in [-0.4, -0.2) is 29.9 Å². The fraction of sp³-hybridized carbons (Fsp3) is 0.462. The van der Waals surface area contributed by atoms with E-state index in [-0.39, 0.29) is 11.9 Å². The number of rotatable bonds is 3. The number of nitrogens with two attached hydrogens (primary N) is 1. The zero-order valence-electron chi connectivity index (χ0n) is 9.84. The molecule has 1 amide bonds. The minimum Gasteiger partial charge on any atom is -0.335 e. The van der Waals surface area contributed by atoms with Crippen molar-refractivity contribution in [1.82, 2.24) is 4.90 Å². The molecule has 1 aliphatic rings. The molecule has 1 unspecified atom stereocenters. The van der Waals surface area contributed by atoms with Gasteiger partial charge in [0, 0.05) is 30.1 Å². The predicted molar refractivity (Wildman–Crippen MR) is 71.8 cm³/mol. The molecule has 0 aliphatic carbocycles. The third kappa shape index (κ3) is 3.17. The Hall–Kier alpha value is -1.13. The average molecular weight is 250 g/mol. The number of likely N-dealkylation sites (tertiary alicyclic amines) is 1. The summed E-state index contributed by atoms with van der Waals surface area (Å²) in [4.78, 5) is 15.1. The Bertz CT molecular complexity index is 386. The first-order chi connectivity index (χ1) is 8.31. The second-order valence-corrected chi connectivity index (χ2v) is 5.24. The fourth-order valence-corrected chi connectivity index (χ4v) is 2.79. The molecular weight excluding hydrogens is 232 g/mol. The number of hydrogen-bond acceptors (Lipinski definition) is 3. The highest BCUT2D eigenvalue weighted by Gasteiger charge is 2.23. The fourth-order valence-electron chi connectivity index (χ4n) is 2.17. The first-order valence-electron chi connectivity index (χ1n) is 6.03. The van der Waals surface area contributed by atoms with E-state index in [0.717, 1.165) is 24.3 Å². The Labute approximate surface area is 106 Å². The van der Waals surface area contributed by atoms with Gasteiger partial charge in [0.1, 0.15) is 0 Å². The summed E-state index contributed by atoms with van der Waals surface area (Å²) in [7, 11) is 0. The van der Waals surface area contributed by atoms with Crippen LogP contribution in [0.4, 0.5) is 0 Å². The Kier molecular flexibility index (Phi) is 4.34. The first-order valence-corrected chi connectivity index (χ1v) is 6.91. The lowest BCUT2D eigenvalue weighted by Crippen LogP contribution is -2.46. The van der Waals surface area contributed by atoms with Gasteiger partial charge in [-0.1, -0.05) is 6.07 Å². The molecule has 2 N–H and O–H groups in total. The summed E-state index contributed by atoms with van der Waals surface area (Å²) in [6.07, 6.45) is 6.86. The van der Waals surface area contributed by atoms with Gasteiger partial charge in [0.15, 0.2) is 0 Å². The van der Waals surface area contributed by atoms with E-state index in [4.69, 9.17) is 5.73 Å². The molecule has 3 nitrogen and oxygen atoms in total. The Balaban J connectivity index is 1.98. The molecule has 1 fully saturated rings. The number of thiophene rings is 1. The molecule has 4 heteroatoms. The van der Waals surface area contributed by atoms with E-state index < -0.39 is 0 Å². The van der Waals surface area contributed by atoms with E-state index in [1.54, 1.807) is 17.4 Å². The molecule has 1 saturated heterocycles.